The van der Waals surface area contributed by atoms with E-state index in [1.165, 1.54) is 0 Å². The number of benzene rings is 3. The summed E-state index contributed by atoms with van der Waals surface area (Å²) in [4.78, 5) is 11.2. The van der Waals surface area contributed by atoms with Gasteiger partial charge in [-0.05, 0) is 53.9 Å². The fraction of sp³-hybridized carbons (Fsp3) is 0.500. The molecule has 0 saturated carbocycles. The number of alkyl halides is 6. The molecule has 4 rings (SSSR count). The van der Waals surface area contributed by atoms with Gasteiger partial charge in [-0.25, -0.2) is 4.39 Å². The van der Waals surface area contributed by atoms with Crippen molar-refractivity contribution in [3.05, 3.63) is 89.2 Å². The molecular formula is C36H46Cl6FN5. The molecule has 0 atom stereocenters. The molecule has 0 spiro atoms. The van der Waals surface area contributed by atoms with Gasteiger partial charge in [0.05, 0.1) is 6.17 Å². The summed E-state index contributed by atoms with van der Waals surface area (Å²) in [5.74, 6) is 2.78. The molecule has 0 amide bonds. The van der Waals surface area contributed by atoms with E-state index in [1.807, 2.05) is 17.0 Å². The molecule has 0 aliphatic carbocycles. The monoisotopic (exact) mass is 777 g/mol. The van der Waals surface area contributed by atoms with Gasteiger partial charge in [-0.1, -0.05) is 30.3 Å². The van der Waals surface area contributed by atoms with Gasteiger partial charge in [0.2, 0.25) is 0 Å². The summed E-state index contributed by atoms with van der Waals surface area (Å²) in [6.45, 7) is 7.20. The van der Waals surface area contributed by atoms with Crippen LogP contribution in [0.5, 0.6) is 0 Å². The second kappa shape index (κ2) is 21.1. The van der Waals surface area contributed by atoms with E-state index in [9.17, 15) is 0 Å². The van der Waals surface area contributed by atoms with Crippen LogP contribution in [0.4, 0.5) is 21.5 Å². The number of hydrogen-bond donors (Lipinski definition) is 0. The van der Waals surface area contributed by atoms with Gasteiger partial charge >= 0.3 is 0 Å². The highest BCUT2D eigenvalue weighted by Gasteiger charge is 2.33. The van der Waals surface area contributed by atoms with Crippen molar-refractivity contribution < 1.29 is 4.39 Å². The molecule has 3 aromatic rings. The zero-order chi connectivity index (χ0) is 34.3. The summed E-state index contributed by atoms with van der Waals surface area (Å²) in [5, 5.41) is 0. The van der Waals surface area contributed by atoms with E-state index in [1.54, 1.807) is 6.07 Å². The minimum atomic E-state index is -0.255. The van der Waals surface area contributed by atoms with E-state index in [-0.39, 0.29) is 12.0 Å². The Bertz CT molecular complexity index is 1260. The van der Waals surface area contributed by atoms with E-state index in [0.29, 0.717) is 67.0 Å². The predicted molar refractivity (Wildman–Crippen MR) is 208 cm³/mol. The van der Waals surface area contributed by atoms with Gasteiger partial charge in [0.15, 0.2) is 0 Å². The zero-order valence-corrected chi connectivity index (χ0v) is 31.9. The molecule has 48 heavy (non-hydrogen) atoms. The van der Waals surface area contributed by atoms with E-state index >= 15 is 4.39 Å². The number of anilines is 3. The molecule has 3 aromatic carbocycles. The molecule has 5 nitrogen and oxygen atoms in total. The Kier molecular flexibility index (Phi) is 17.3. The molecule has 0 unspecified atom stereocenters. The highest BCUT2D eigenvalue weighted by atomic mass is 35.5. The second-order valence-corrected chi connectivity index (χ2v) is 14.1. The van der Waals surface area contributed by atoms with Crippen LogP contribution >= 0.6 is 69.6 Å². The van der Waals surface area contributed by atoms with Crippen molar-refractivity contribution in [1.82, 2.24) is 9.80 Å². The summed E-state index contributed by atoms with van der Waals surface area (Å²) in [6.07, 6.45) is 0.721. The first-order chi connectivity index (χ1) is 23.5. The first-order valence-electron chi connectivity index (χ1n) is 16.5. The molecule has 1 fully saturated rings. The second-order valence-electron chi connectivity index (χ2n) is 11.8. The Morgan fingerprint density at radius 2 is 0.875 bits per heavy atom. The van der Waals surface area contributed by atoms with Gasteiger partial charge in [0.1, 0.15) is 5.82 Å². The van der Waals surface area contributed by atoms with Crippen LogP contribution in [0.2, 0.25) is 0 Å². The van der Waals surface area contributed by atoms with Crippen molar-refractivity contribution in [1.29, 1.82) is 0 Å². The summed E-state index contributed by atoms with van der Waals surface area (Å²) in [7, 11) is 0. The lowest BCUT2D eigenvalue weighted by atomic mass is 10.0. The third-order valence-corrected chi connectivity index (χ3v) is 9.72. The highest BCUT2D eigenvalue weighted by molar-refractivity contribution is 6.19. The smallest absolute Gasteiger partial charge is 0.131 e. The molecular weight excluding hydrogens is 734 g/mol. The van der Waals surface area contributed by atoms with Crippen molar-refractivity contribution >= 4 is 86.7 Å². The van der Waals surface area contributed by atoms with E-state index in [2.05, 4.69) is 68.1 Å². The number of halogens is 7. The summed E-state index contributed by atoms with van der Waals surface area (Å²) in [5.41, 5.74) is 5.96. The van der Waals surface area contributed by atoms with Gasteiger partial charge in [0, 0.05) is 123 Å². The fourth-order valence-corrected chi connectivity index (χ4v) is 7.64. The summed E-state index contributed by atoms with van der Waals surface area (Å²) < 4.78 is 16.3. The normalized spacial score (nSPS) is 14.4. The topological polar surface area (TPSA) is 16.2 Å². The van der Waals surface area contributed by atoms with Crippen LogP contribution in [0, 0.1) is 5.82 Å². The molecule has 0 aromatic heterocycles. The molecule has 1 aliphatic rings. The van der Waals surface area contributed by atoms with Crippen molar-refractivity contribution in [3.8, 4) is 0 Å². The Labute approximate surface area is 316 Å². The van der Waals surface area contributed by atoms with E-state index in [4.69, 9.17) is 69.6 Å². The SMILES string of the molecule is Fc1cc(N(CCCl)CCCl)ccc1C1N(Cc2ccc(N(CCCl)CCCl)cc2)CCCN1Cc1ccc(N(CCCl)CCCl)cc1. The van der Waals surface area contributed by atoms with Crippen LogP contribution in [-0.4, -0.2) is 97.4 Å². The summed E-state index contributed by atoms with van der Waals surface area (Å²) in [6, 6.07) is 22.7. The lowest BCUT2D eigenvalue weighted by molar-refractivity contribution is -0.0111. The molecule has 12 heteroatoms. The van der Waals surface area contributed by atoms with Crippen LogP contribution in [0.3, 0.4) is 0 Å². The Hall–Kier alpha value is -1.35. The van der Waals surface area contributed by atoms with Crippen molar-refractivity contribution in [3.63, 3.8) is 0 Å². The van der Waals surface area contributed by atoms with Crippen LogP contribution in [0.1, 0.15) is 29.3 Å². The maximum atomic E-state index is 16.3. The minimum absolute atomic E-state index is 0.232. The Morgan fingerprint density at radius 3 is 1.23 bits per heavy atom. The lowest BCUT2D eigenvalue weighted by Gasteiger charge is -2.44. The number of hydrogen-bond acceptors (Lipinski definition) is 5. The van der Waals surface area contributed by atoms with Crippen molar-refractivity contribution in [2.24, 2.45) is 0 Å². The molecule has 0 N–H and O–H groups in total. The molecule has 0 radical (unpaired) electrons. The third-order valence-electron chi connectivity index (χ3n) is 8.71. The lowest BCUT2D eigenvalue weighted by Crippen LogP contribution is -2.47. The minimum Gasteiger partial charge on any atom is -0.369 e. The van der Waals surface area contributed by atoms with E-state index in [0.717, 1.165) is 73.9 Å². The van der Waals surface area contributed by atoms with Gasteiger partial charge < -0.3 is 14.7 Å². The number of rotatable bonds is 20. The average Bonchev–Trinajstić information content (AvgIpc) is 3.09. The largest absolute Gasteiger partial charge is 0.369 e. The van der Waals surface area contributed by atoms with Gasteiger partial charge in [-0.2, -0.15) is 0 Å². The number of nitrogens with zero attached hydrogens (tertiary/aromatic N) is 5. The van der Waals surface area contributed by atoms with Crippen molar-refractivity contribution in [2.75, 3.05) is 102 Å². The standard InChI is InChI=1S/C36H46Cl6FN5/c37-12-20-44(21-13-38)31-6-2-29(3-7-31)27-47-18-1-19-48(28-30-4-8-32(9-5-30)45(22-14-39)23-15-40)36(47)34-11-10-33(26-35(34)43)46(24-16-41)25-17-42/h2-11,26,36H,1,12-25,27-28H2. The van der Waals surface area contributed by atoms with Gasteiger partial charge in [-0.15, -0.1) is 69.6 Å². The maximum absolute atomic E-state index is 16.3. The zero-order valence-electron chi connectivity index (χ0n) is 27.3. The van der Waals surface area contributed by atoms with Crippen LogP contribution in [0.15, 0.2) is 66.7 Å². The quantitative estimate of drug-likeness (QED) is 0.106. The average molecular weight is 781 g/mol. The Morgan fingerprint density at radius 1 is 0.521 bits per heavy atom. The fourth-order valence-electron chi connectivity index (χ4n) is 6.41. The van der Waals surface area contributed by atoms with E-state index < -0.39 is 0 Å². The molecule has 0 bridgehead atoms. The molecule has 1 heterocycles. The first-order valence-corrected chi connectivity index (χ1v) is 19.7. The maximum Gasteiger partial charge on any atom is 0.131 e. The van der Waals surface area contributed by atoms with Crippen LogP contribution in [-0.2, 0) is 13.1 Å². The summed E-state index contributed by atoms with van der Waals surface area (Å²) >= 11 is 36.3. The molecule has 264 valence electrons. The highest BCUT2D eigenvalue weighted by Crippen LogP contribution is 2.35. The predicted octanol–water partition coefficient (Wildman–Crippen LogP) is 9.08. The van der Waals surface area contributed by atoms with Crippen molar-refractivity contribution in [2.45, 2.75) is 25.7 Å². The third kappa shape index (κ3) is 11.1. The molecule has 1 aliphatic heterocycles. The van der Waals surface area contributed by atoms with Gasteiger partial charge in [-0.3, -0.25) is 9.80 Å². The van der Waals surface area contributed by atoms with Crippen LogP contribution < -0.4 is 14.7 Å². The molecule has 1 saturated heterocycles. The first kappa shape index (κ1) is 39.4. The van der Waals surface area contributed by atoms with Gasteiger partial charge in [0.25, 0.3) is 0 Å². The Balaban J connectivity index is 1.63. The van der Waals surface area contributed by atoms with Crippen LogP contribution in [0.25, 0.3) is 0 Å².